The molecule has 2 rings (SSSR count). The molecular weight excluding hydrogens is 316 g/mol. The molecule has 2 unspecified atom stereocenters. The number of aliphatic hydroxyl groups is 2. The first kappa shape index (κ1) is 19.3. The van der Waals surface area contributed by atoms with Gasteiger partial charge in [-0.05, 0) is 55.2 Å². The second-order valence-electron chi connectivity index (χ2n) is 7.37. The van der Waals surface area contributed by atoms with Gasteiger partial charge in [-0.15, -0.1) is 0 Å². The van der Waals surface area contributed by atoms with E-state index >= 15 is 0 Å². The lowest BCUT2D eigenvalue weighted by molar-refractivity contribution is 0.187. The van der Waals surface area contributed by atoms with Gasteiger partial charge >= 0.3 is 0 Å². The third-order valence-corrected chi connectivity index (χ3v) is 4.67. The molecule has 0 aliphatic heterocycles. The lowest BCUT2D eigenvalue weighted by Crippen LogP contribution is -2.24. The maximum atomic E-state index is 10.3. The summed E-state index contributed by atoms with van der Waals surface area (Å²) in [4.78, 5) is 0. The van der Waals surface area contributed by atoms with Crippen LogP contribution in [0.3, 0.4) is 0 Å². The van der Waals surface area contributed by atoms with Crippen molar-refractivity contribution in [1.82, 2.24) is 0 Å². The summed E-state index contributed by atoms with van der Waals surface area (Å²) in [5.74, 6) is 0.353. The standard InChI is InChI=1S/C21H28O4/c1-13(22)11-17-18(12-14(2)23)20(25)10-9-19(17)21(3,4)15-5-7-16(24)8-6-15/h5-10,13-14,22-25H,11-12H2,1-4H3. The van der Waals surface area contributed by atoms with Crippen molar-refractivity contribution in [1.29, 1.82) is 0 Å². The zero-order valence-corrected chi connectivity index (χ0v) is 15.3. The van der Waals surface area contributed by atoms with E-state index in [2.05, 4.69) is 13.8 Å². The second kappa shape index (κ2) is 7.46. The minimum atomic E-state index is -0.592. The zero-order valence-electron chi connectivity index (χ0n) is 15.3. The van der Waals surface area contributed by atoms with Crippen LogP contribution in [0, 0.1) is 0 Å². The maximum absolute atomic E-state index is 10.3. The van der Waals surface area contributed by atoms with Gasteiger partial charge in [0.1, 0.15) is 11.5 Å². The number of aliphatic hydroxyl groups excluding tert-OH is 2. The first-order chi connectivity index (χ1) is 11.6. The van der Waals surface area contributed by atoms with Crippen LogP contribution in [0.15, 0.2) is 36.4 Å². The molecule has 0 amide bonds. The average Bonchev–Trinajstić information content (AvgIpc) is 2.50. The first-order valence-corrected chi connectivity index (χ1v) is 8.62. The molecule has 25 heavy (non-hydrogen) atoms. The van der Waals surface area contributed by atoms with Gasteiger partial charge in [-0.25, -0.2) is 0 Å². The Kier molecular flexibility index (Phi) is 5.76. The first-order valence-electron chi connectivity index (χ1n) is 8.62. The topological polar surface area (TPSA) is 80.9 Å². The van der Waals surface area contributed by atoms with Gasteiger partial charge in [0, 0.05) is 17.4 Å². The van der Waals surface area contributed by atoms with Crippen molar-refractivity contribution in [2.24, 2.45) is 0 Å². The molecule has 4 nitrogen and oxygen atoms in total. The average molecular weight is 344 g/mol. The molecule has 0 aromatic heterocycles. The highest BCUT2D eigenvalue weighted by Gasteiger charge is 2.29. The monoisotopic (exact) mass is 344 g/mol. The van der Waals surface area contributed by atoms with Crippen LogP contribution in [-0.4, -0.2) is 32.6 Å². The van der Waals surface area contributed by atoms with Gasteiger partial charge in [0.15, 0.2) is 0 Å². The van der Waals surface area contributed by atoms with Crippen LogP contribution in [-0.2, 0) is 18.3 Å². The number of phenols is 2. The van der Waals surface area contributed by atoms with E-state index in [9.17, 15) is 20.4 Å². The molecule has 0 spiro atoms. The van der Waals surface area contributed by atoms with Crippen molar-refractivity contribution in [3.63, 3.8) is 0 Å². The molecule has 2 atom stereocenters. The summed E-state index contributed by atoms with van der Waals surface area (Å²) in [6.45, 7) is 7.55. The number of benzene rings is 2. The molecule has 0 fully saturated rings. The Balaban J connectivity index is 2.64. The fraction of sp³-hybridized carbons (Fsp3) is 0.429. The summed E-state index contributed by atoms with van der Waals surface area (Å²) in [6, 6.07) is 10.6. The predicted molar refractivity (Wildman–Crippen MR) is 99.1 cm³/mol. The van der Waals surface area contributed by atoms with E-state index in [-0.39, 0.29) is 16.9 Å². The molecule has 2 aromatic carbocycles. The Bertz CT molecular complexity index is 715. The zero-order chi connectivity index (χ0) is 18.8. The van der Waals surface area contributed by atoms with E-state index in [1.807, 2.05) is 18.2 Å². The smallest absolute Gasteiger partial charge is 0.119 e. The molecule has 0 saturated carbocycles. The van der Waals surface area contributed by atoms with Crippen LogP contribution in [0.1, 0.15) is 49.9 Å². The fourth-order valence-corrected chi connectivity index (χ4v) is 3.35. The van der Waals surface area contributed by atoms with E-state index in [0.717, 1.165) is 16.7 Å². The summed E-state index contributed by atoms with van der Waals surface area (Å²) in [5.41, 5.74) is 3.17. The summed E-state index contributed by atoms with van der Waals surface area (Å²) in [7, 11) is 0. The summed E-state index contributed by atoms with van der Waals surface area (Å²) >= 11 is 0. The fourth-order valence-electron chi connectivity index (χ4n) is 3.35. The third-order valence-electron chi connectivity index (χ3n) is 4.67. The molecule has 0 saturated heterocycles. The van der Waals surface area contributed by atoms with Crippen molar-refractivity contribution in [2.45, 2.75) is 58.2 Å². The minimum Gasteiger partial charge on any atom is -0.508 e. The van der Waals surface area contributed by atoms with Gasteiger partial charge in [0.05, 0.1) is 12.2 Å². The van der Waals surface area contributed by atoms with E-state index in [4.69, 9.17) is 0 Å². The van der Waals surface area contributed by atoms with Crippen LogP contribution < -0.4 is 0 Å². The molecular formula is C21H28O4. The van der Waals surface area contributed by atoms with Gasteiger partial charge < -0.3 is 20.4 Å². The SMILES string of the molecule is CC(O)Cc1c(O)ccc(C(C)(C)c2ccc(O)cc2)c1CC(C)O. The summed E-state index contributed by atoms with van der Waals surface area (Å²) in [6.07, 6.45) is -0.435. The third kappa shape index (κ3) is 4.33. The number of aromatic hydroxyl groups is 2. The highest BCUT2D eigenvalue weighted by Crippen LogP contribution is 2.39. The van der Waals surface area contributed by atoms with Gasteiger partial charge in [0.2, 0.25) is 0 Å². The molecule has 4 N–H and O–H groups in total. The number of rotatable bonds is 6. The number of hydrogen-bond donors (Lipinski definition) is 4. The van der Waals surface area contributed by atoms with Crippen molar-refractivity contribution >= 4 is 0 Å². The molecule has 2 aromatic rings. The quantitative estimate of drug-likeness (QED) is 0.648. The molecule has 0 radical (unpaired) electrons. The minimum absolute atomic E-state index is 0.141. The molecule has 0 bridgehead atoms. The van der Waals surface area contributed by atoms with Crippen molar-refractivity contribution in [3.8, 4) is 11.5 Å². The van der Waals surface area contributed by atoms with Crippen LogP contribution in [0.4, 0.5) is 0 Å². The largest absolute Gasteiger partial charge is 0.508 e. The molecule has 0 aliphatic carbocycles. The Labute approximate surface area is 149 Å². The van der Waals surface area contributed by atoms with Crippen LogP contribution in [0.2, 0.25) is 0 Å². The molecule has 0 heterocycles. The Morgan fingerprint density at radius 1 is 0.800 bits per heavy atom. The molecule has 136 valence electrons. The van der Waals surface area contributed by atoms with Gasteiger partial charge in [-0.2, -0.15) is 0 Å². The second-order valence-corrected chi connectivity index (χ2v) is 7.37. The highest BCUT2D eigenvalue weighted by atomic mass is 16.3. The van der Waals surface area contributed by atoms with Crippen molar-refractivity contribution in [2.75, 3.05) is 0 Å². The lowest BCUT2D eigenvalue weighted by atomic mass is 9.73. The van der Waals surface area contributed by atoms with Gasteiger partial charge in [0.25, 0.3) is 0 Å². The van der Waals surface area contributed by atoms with E-state index in [1.54, 1.807) is 32.0 Å². The highest BCUT2D eigenvalue weighted by molar-refractivity contribution is 5.51. The van der Waals surface area contributed by atoms with Crippen LogP contribution in [0.5, 0.6) is 11.5 Å². The Hall–Kier alpha value is -2.04. The number of phenolic OH excluding ortho intramolecular Hbond substituents is 2. The van der Waals surface area contributed by atoms with Crippen LogP contribution in [0.25, 0.3) is 0 Å². The van der Waals surface area contributed by atoms with Gasteiger partial charge in [-0.1, -0.05) is 32.0 Å². The number of hydrogen-bond acceptors (Lipinski definition) is 4. The normalized spacial score (nSPS) is 14.3. The summed E-state index contributed by atoms with van der Waals surface area (Å²) < 4.78 is 0. The Morgan fingerprint density at radius 2 is 1.32 bits per heavy atom. The predicted octanol–water partition coefficient (Wildman–Crippen LogP) is 3.27. The summed E-state index contributed by atoms with van der Waals surface area (Å²) in [5, 5.41) is 39.7. The molecule has 0 aliphatic rings. The Morgan fingerprint density at radius 3 is 1.84 bits per heavy atom. The van der Waals surface area contributed by atoms with Gasteiger partial charge in [-0.3, -0.25) is 0 Å². The van der Waals surface area contributed by atoms with E-state index in [1.165, 1.54) is 0 Å². The van der Waals surface area contributed by atoms with E-state index in [0.29, 0.717) is 18.4 Å². The van der Waals surface area contributed by atoms with Crippen LogP contribution >= 0.6 is 0 Å². The molecule has 4 heteroatoms. The van der Waals surface area contributed by atoms with Crippen molar-refractivity contribution < 1.29 is 20.4 Å². The van der Waals surface area contributed by atoms with E-state index < -0.39 is 12.2 Å². The van der Waals surface area contributed by atoms with Crippen molar-refractivity contribution in [3.05, 3.63) is 58.7 Å². The lowest BCUT2D eigenvalue weighted by Gasteiger charge is -2.31. The maximum Gasteiger partial charge on any atom is 0.119 e.